The first-order chi connectivity index (χ1) is 15.7. The third kappa shape index (κ3) is 2.93. The SMILES string of the molecule is OB(O)N(c1ccc2ccccc2c1)c1ccc2c3ccccc3c3ccccc3c2c1. The fraction of sp³-hybridized carbons (Fsp3) is 0. The highest BCUT2D eigenvalue weighted by Crippen LogP contribution is 2.38. The Morgan fingerprint density at radius 3 is 1.53 bits per heavy atom. The monoisotopic (exact) mass is 413 g/mol. The summed E-state index contributed by atoms with van der Waals surface area (Å²) in [5, 5.41) is 29.8. The Bertz CT molecular complexity index is 1590. The Hall–Kier alpha value is -3.86. The van der Waals surface area contributed by atoms with Crippen LogP contribution >= 0.6 is 0 Å². The fourth-order valence-corrected chi connectivity index (χ4v) is 4.79. The van der Waals surface area contributed by atoms with Gasteiger partial charge in [0.2, 0.25) is 0 Å². The lowest BCUT2D eigenvalue weighted by atomic mass is 9.93. The van der Waals surface area contributed by atoms with Crippen LogP contribution in [0, 0.1) is 0 Å². The van der Waals surface area contributed by atoms with Gasteiger partial charge in [0, 0.05) is 11.4 Å². The largest absolute Gasteiger partial charge is 0.592 e. The molecule has 0 fully saturated rings. The summed E-state index contributed by atoms with van der Waals surface area (Å²) in [7, 11) is -1.67. The maximum Gasteiger partial charge on any atom is 0.592 e. The van der Waals surface area contributed by atoms with Gasteiger partial charge >= 0.3 is 7.25 Å². The van der Waals surface area contributed by atoms with Crippen LogP contribution < -0.4 is 4.81 Å². The van der Waals surface area contributed by atoms with Crippen molar-refractivity contribution in [1.29, 1.82) is 0 Å². The van der Waals surface area contributed by atoms with E-state index in [4.69, 9.17) is 0 Å². The van der Waals surface area contributed by atoms with Crippen LogP contribution in [0.15, 0.2) is 109 Å². The molecule has 3 nitrogen and oxygen atoms in total. The van der Waals surface area contributed by atoms with Crippen molar-refractivity contribution in [3.05, 3.63) is 109 Å². The number of benzene rings is 6. The molecule has 0 atom stereocenters. The van der Waals surface area contributed by atoms with E-state index in [0.29, 0.717) is 0 Å². The molecule has 0 saturated carbocycles. The van der Waals surface area contributed by atoms with Crippen LogP contribution in [-0.2, 0) is 0 Å². The second kappa shape index (κ2) is 7.38. The summed E-state index contributed by atoms with van der Waals surface area (Å²) in [6.07, 6.45) is 0. The topological polar surface area (TPSA) is 43.7 Å². The van der Waals surface area contributed by atoms with E-state index in [0.717, 1.165) is 38.3 Å². The molecule has 0 spiro atoms. The minimum absolute atomic E-state index is 0.725. The molecule has 32 heavy (non-hydrogen) atoms. The van der Waals surface area contributed by atoms with Gasteiger partial charge in [-0.3, -0.25) is 0 Å². The van der Waals surface area contributed by atoms with E-state index < -0.39 is 7.25 Å². The van der Waals surface area contributed by atoms with Crippen molar-refractivity contribution in [3.8, 4) is 0 Å². The van der Waals surface area contributed by atoms with E-state index in [-0.39, 0.29) is 0 Å². The Morgan fingerprint density at radius 2 is 0.906 bits per heavy atom. The summed E-state index contributed by atoms with van der Waals surface area (Å²) in [6.45, 7) is 0. The summed E-state index contributed by atoms with van der Waals surface area (Å²) >= 11 is 0. The van der Waals surface area contributed by atoms with Gasteiger partial charge in [0.05, 0.1) is 0 Å². The van der Waals surface area contributed by atoms with Crippen LogP contribution in [0.4, 0.5) is 11.4 Å². The summed E-state index contributed by atoms with van der Waals surface area (Å²) < 4.78 is 0. The number of hydrogen-bond donors (Lipinski definition) is 2. The van der Waals surface area contributed by atoms with E-state index in [1.165, 1.54) is 16.2 Å². The zero-order valence-corrected chi connectivity index (χ0v) is 17.3. The van der Waals surface area contributed by atoms with E-state index in [2.05, 4.69) is 54.6 Å². The first-order valence-electron chi connectivity index (χ1n) is 10.7. The summed E-state index contributed by atoms with van der Waals surface area (Å²) in [5.74, 6) is 0. The summed E-state index contributed by atoms with van der Waals surface area (Å²) in [5.41, 5.74) is 1.45. The predicted octanol–water partition coefficient (Wildman–Crippen LogP) is 6.41. The Labute approximate surface area is 185 Å². The molecule has 152 valence electrons. The van der Waals surface area contributed by atoms with Crippen molar-refractivity contribution in [3.63, 3.8) is 0 Å². The van der Waals surface area contributed by atoms with Crippen molar-refractivity contribution < 1.29 is 10.0 Å². The quantitative estimate of drug-likeness (QED) is 0.260. The second-order valence-corrected chi connectivity index (χ2v) is 8.07. The maximum absolute atomic E-state index is 10.3. The van der Waals surface area contributed by atoms with Gasteiger partial charge in [-0.15, -0.1) is 0 Å². The molecular weight excluding hydrogens is 393 g/mol. The standard InChI is InChI=1S/C28H20BNO2/c31-29(32)30(21-14-13-19-7-1-2-8-20(19)17-21)22-15-16-27-25-11-4-3-9-23(25)24-10-5-6-12-26(24)28(27)18-22/h1-18,31-32H. The molecule has 0 aliphatic carbocycles. The molecule has 6 aromatic rings. The molecule has 0 unspecified atom stereocenters. The predicted molar refractivity (Wildman–Crippen MR) is 135 cm³/mol. The first-order valence-corrected chi connectivity index (χ1v) is 10.7. The molecule has 0 aliphatic heterocycles. The fourth-order valence-electron chi connectivity index (χ4n) is 4.79. The van der Waals surface area contributed by atoms with E-state index >= 15 is 0 Å². The third-order valence-corrected chi connectivity index (χ3v) is 6.25. The maximum atomic E-state index is 10.3. The van der Waals surface area contributed by atoms with Crippen molar-refractivity contribution >= 4 is 61.7 Å². The van der Waals surface area contributed by atoms with Crippen molar-refractivity contribution in [2.45, 2.75) is 0 Å². The average molecular weight is 413 g/mol. The van der Waals surface area contributed by atoms with Crippen molar-refractivity contribution in [1.82, 2.24) is 0 Å². The van der Waals surface area contributed by atoms with Crippen LogP contribution in [-0.4, -0.2) is 17.3 Å². The molecule has 4 heteroatoms. The molecular formula is C28H20BNO2. The van der Waals surface area contributed by atoms with Gasteiger partial charge in [-0.2, -0.15) is 0 Å². The Balaban J connectivity index is 1.62. The lowest BCUT2D eigenvalue weighted by Gasteiger charge is -2.25. The molecule has 0 saturated heterocycles. The zero-order valence-electron chi connectivity index (χ0n) is 17.3. The van der Waals surface area contributed by atoms with Crippen molar-refractivity contribution in [2.75, 3.05) is 4.81 Å². The van der Waals surface area contributed by atoms with E-state index in [1.54, 1.807) is 4.81 Å². The second-order valence-electron chi connectivity index (χ2n) is 8.07. The molecule has 0 heterocycles. The average Bonchev–Trinajstić information content (AvgIpc) is 2.84. The number of nitrogens with zero attached hydrogens (tertiary/aromatic N) is 1. The number of hydrogen-bond acceptors (Lipinski definition) is 3. The molecule has 0 bridgehead atoms. The third-order valence-electron chi connectivity index (χ3n) is 6.25. The highest BCUT2D eigenvalue weighted by atomic mass is 16.4. The number of fused-ring (bicyclic) bond motifs is 7. The minimum Gasteiger partial charge on any atom is -0.407 e. The molecule has 0 amide bonds. The van der Waals surface area contributed by atoms with Gasteiger partial charge in [-0.25, -0.2) is 0 Å². The molecule has 6 rings (SSSR count). The Morgan fingerprint density at radius 1 is 0.438 bits per heavy atom. The normalized spacial score (nSPS) is 11.4. The van der Waals surface area contributed by atoms with Crippen LogP contribution in [0.5, 0.6) is 0 Å². The smallest absolute Gasteiger partial charge is 0.407 e. The van der Waals surface area contributed by atoms with Crippen LogP contribution in [0.25, 0.3) is 43.1 Å². The molecule has 2 N–H and O–H groups in total. The zero-order chi connectivity index (χ0) is 21.7. The number of rotatable bonds is 3. The van der Waals surface area contributed by atoms with Crippen molar-refractivity contribution in [2.24, 2.45) is 0 Å². The van der Waals surface area contributed by atoms with Crippen LogP contribution in [0.1, 0.15) is 0 Å². The van der Waals surface area contributed by atoms with Gasteiger partial charge in [-0.05, 0) is 67.4 Å². The van der Waals surface area contributed by atoms with Crippen LogP contribution in [0.2, 0.25) is 0 Å². The highest BCUT2D eigenvalue weighted by Gasteiger charge is 2.24. The molecule has 0 radical (unpaired) electrons. The van der Waals surface area contributed by atoms with E-state index in [9.17, 15) is 10.0 Å². The lowest BCUT2D eigenvalue weighted by molar-refractivity contribution is 0.407. The summed E-state index contributed by atoms with van der Waals surface area (Å²) in [4.78, 5) is 1.55. The minimum atomic E-state index is -1.67. The van der Waals surface area contributed by atoms with Gasteiger partial charge in [0.15, 0.2) is 0 Å². The van der Waals surface area contributed by atoms with Gasteiger partial charge in [0.1, 0.15) is 0 Å². The molecule has 6 aromatic carbocycles. The number of anilines is 2. The van der Waals surface area contributed by atoms with Gasteiger partial charge < -0.3 is 14.9 Å². The van der Waals surface area contributed by atoms with E-state index in [1.807, 2.05) is 54.6 Å². The molecule has 0 aromatic heterocycles. The molecule has 0 aliphatic rings. The lowest BCUT2D eigenvalue weighted by Crippen LogP contribution is -2.35. The van der Waals surface area contributed by atoms with Crippen LogP contribution in [0.3, 0.4) is 0 Å². The first kappa shape index (κ1) is 18.9. The van der Waals surface area contributed by atoms with Gasteiger partial charge in [0.25, 0.3) is 0 Å². The highest BCUT2D eigenvalue weighted by molar-refractivity contribution is 6.49. The summed E-state index contributed by atoms with van der Waals surface area (Å²) in [6, 6.07) is 36.9. The van der Waals surface area contributed by atoms with Gasteiger partial charge in [-0.1, -0.05) is 84.9 Å². The Kier molecular flexibility index (Phi) is 4.35.